The molecule has 1 N–H and O–H groups in total. The first-order valence-corrected chi connectivity index (χ1v) is 8.36. The summed E-state index contributed by atoms with van der Waals surface area (Å²) >= 11 is 3.41. The fraction of sp³-hybridized carbons (Fsp3) is 0.333. The molecule has 0 radical (unpaired) electrons. The minimum absolute atomic E-state index is 0.0506. The molecular formula is C18H21BrN2O3. The first-order valence-electron chi connectivity index (χ1n) is 7.57. The second-order valence-electron chi connectivity index (χ2n) is 5.84. The molecule has 1 aromatic carbocycles. The number of aryl methyl sites for hydroxylation is 1. The highest BCUT2D eigenvalue weighted by atomic mass is 79.9. The largest absolute Gasteiger partial charge is 0.465 e. The molecule has 6 heteroatoms. The number of likely N-dealkylation sites (N-methyl/N-ethyl adjacent to an activating group) is 1. The number of esters is 1. The number of carbonyl (C=O) groups excluding carboxylic acids is 2. The van der Waals surface area contributed by atoms with Crippen LogP contribution in [0.1, 0.15) is 37.7 Å². The van der Waals surface area contributed by atoms with Gasteiger partial charge < -0.3 is 9.72 Å². The van der Waals surface area contributed by atoms with Gasteiger partial charge in [-0.2, -0.15) is 0 Å². The number of ether oxygens (including phenoxy) is 1. The zero-order valence-electron chi connectivity index (χ0n) is 14.3. The molecule has 0 unspecified atom stereocenters. The molecular weight excluding hydrogens is 372 g/mol. The second-order valence-corrected chi connectivity index (χ2v) is 6.75. The van der Waals surface area contributed by atoms with Crippen LogP contribution in [0.5, 0.6) is 0 Å². The summed E-state index contributed by atoms with van der Waals surface area (Å²) in [4.78, 5) is 29.3. The van der Waals surface area contributed by atoms with E-state index in [-0.39, 0.29) is 12.3 Å². The molecule has 0 bridgehead atoms. The van der Waals surface area contributed by atoms with Crippen molar-refractivity contribution >= 4 is 27.7 Å². The third-order valence-corrected chi connectivity index (χ3v) is 4.41. The van der Waals surface area contributed by atoms with Crippen LogP contribution in [0.4, 0.5) is 0 Å². The first-order chi connectivity index (χ1) is 11.3. The summed E-state index contributed by atoms with van der Waals surface area (Å²) < 4.78 is 5.80. The molecule has 1 aromatic heterocycles. The monoisotopic (exact) mass is 392 g/mol. The van der Waals surface area contributed by atoms with Crippen molar-refractivity contribution in [2.75, 3.05) is 20.7 Å². The maximum absolute atomic E-state index is 12.6. The zero-order chi connectivity index (χ0) is 17.9. The third kappa shape index (κ3) is 4.13. The summed E-state index contributed by atoms with van der Waals surface area (Å²) in [6.45, 7) is 4.46. The standard InChI is InChI=1S/C18H21BrN2O3/c1-11-16(18(23)24-4)12(2)20-17(11)15(22)10-21(3)9-13-5-7-14(19)8-6-13/h5-8,20H,9-10H2,1-4H3. The Balaban J connectivity index is 2.09. The van der Waals surface area contributed by atoms with E-state index in [4.69, 9.17) is 4.74 Å². The van der Waals surface area contributed by atoms with Gasteiger partial charge >= 0.3 is 5.97 Å². The second kappa shape index (κ2) is 7.77. The van der Waals surface area contributed by atoms with E-state index in [1.54, 1.807) is 13.8 Å². The van der Waals surface area contributed by atoms with Crippen LogP contribution in [0.2, 0.25) is 0 Å². The number of rotatable bonds is 6. The Morgan fingerprint density at radius 3 is 2.42 bits per heavy atom. The van der Waals surface area contributed by atoms with Crippen molar-refractivity contribution in [3.8, 4) is 0 Å². The maximum Gasteiger partial charge on any atom is 0.339 e. The molecule has 2 aromatic rings. The molecule has 0 aliphatic heterocycles. The van der Waals surface area contributed by atoms with Crippen molar-refractivity contribution in [2.45, 2.75) is 20.4 Å². The Kier molecular flexibility index (Phi) is 5.96. The van der Waals surface area contributed by atoms with Gasteiger partial charge in [0.25, 0.3) is 0 Å². The van der Waals surface area contributed by atoms with Crippen LogP contribution in [0.15, 0.2) is 28.7 Å². The Morgan fingerprint density at radius 2 is 1.83 bits per heavy atom. The molecule has 128 valence electrons. The Hall–Kier alpha value is -1.92. The minimum Gasteiger partial charge on any atom is -0.465 e. The highest BCUT2D eigenvalue weighted by Crippen LogP contribution is 2.20. The lowest BCUT2D eigenvalue weighted by molar-refractivity contribution is 0.0599. The quantitative estimate of drug-likeness (QED) is 0.603. The van der Waals surface area contributed by atoms with Crippen molar-refractivity contribution in [3.05, 3.63) is 56.8 Å². The Labute approximate surface area is 150 Å². The number of ketones is 1. The Bertz CT molecular complexity index is 750. The summed E-state index contributed by atoms with van der Waals surface area (Å²) in [6, 6.07) is 7.99. The van der Waals surface area contributed by atoms with Gasteiger partial charge in [0.05, 0.1) is 24.9 Å². The van der Waals surface area contributed by atoms with Gasteiger partial charge in [-0.3, -0.25) is 9.69 Å². The smallest absolute Gasteiger partial charge is 0.339 e. The molecule has 0 saturated heterocycles. The van der Waals surface area contributed by atoms with Gasteiger partial charge in [0, 0.05) is 16.7 Å². The van der Waals surface area contributed by atoms with Crippen LogP contribution in [-0.4, -0.2) is 42.3 Å². The predicted molar refractivity (Wildman–Crippen MR) is 96.4 cm³/mol. The third-order valence-electron chi connectivity index (χ3n) is 3.89. The maximum atomic E-state index is 12.6. The van der Waals surface area contributed by atoms with Crippen LogP contribution in [0.25, 0.3) is 0 Å². The number of hydrogen-bond acceptors (Lipinski definition) is 4. The van der Waals surface area contributed by atoms with E-state index in [0.717, 1.165) is 10.0 Å². The van der Waals surface area contributed by atoms with Crippen LogP contribution in [-0.2, 0) is 11.3 Å². The van der Waals surface area contributed by atoms with Crippen molar-refractivity contribution in [2.24, 2.45) is 0 Å². The van der Waals surface area contributed by atoms with Gasteiger partial charge in [-0.1, -0.05) is 28.1 Å². The predicted octanol–water partition coefficient (Wildman–Crippen LogP) is 3.50. The normalized spacial score (nSPS) is 10.9. The van der Waals surface area contributed by atoms with E-state index in [2.05, 4.69) is 20.9 Å². The fourth-order valence-electron chi connectivity index (χ4n) is 2.72. The van der Waals surface area contributed by atoms with Gasteiger partial charge in [0.1, 0.15) is 0 Å². The summed E-state index contributed by atoms with van der Waals surface area (Å²) in [5, 5.41) is 0. The number of hydrogen-bond donors (Lipinski definition) is 1. The van der Waals surface area contributed by atoms with Crippen molar-refractivity contribution in [1.29, 1.82) is 0 Å². The van der Waals surface area contributed by atoms with E-state index in [0.29, 0.717) is 29.1 Å². The van der Waals surface area contributed by atoms with Crippen LogP contribution in [0.3, 0.4) is 0 Å². The van der Waals surface area contributed by atoms with Gasteiger partial charge in [-0.15, -0.1) is 0 Å². The average Bonchev–Trinajstić information content (AvgIpc) is 2.83. The van der Waals surface area contributed by atoms with Gasteiger partial charge in [0.2, 0.25) is 0 Å². The average molecular weight is 393 g/mol. The van der Waals surface area contributed by atoms with E-state index in [1.807, 2.05) is 36.2 Å². The number of aromatic nitrogens is 1. The van der Waals surface area contributed by atoms with Gasteiger partial charge in [0.15, 0.2) is 5.78 Å². The summed E-state index contributed by atoms with van der Waals surface area (Å²) in [7, 11) is 3.23. The number of carbonyl (C=O) groups is 2. The number of halogens is 1. The van der Waals surface area contributed by atoms with E-state index < -0.39 is 5.97 Å². The van der Waals surface area contributed by atoms with E-state index in [1.165, 1.54) is 7.11 Å². The summed E-state index contributed by atoms with van der Waals surface area (Å²) in [5.41, 5.74) is 3.33. The molecule has 0 aliphatic carbocycles. The number of methoxy groups -OCH3 is 1. The van der Waals surface area contributed by atoms with Crippen LogP contribution < -0.4 is 0 Å². The van der Waals surface area contributed by atoms with Crippen LogP contribution >= 0.6 is 15.9 Å². The number of aromatic amines is 1. The molecule has 0 spiro atoms. The van der Waals surface area contributed by atoms with Crippen LogP contribution in [0, 0.1) is 13.8 Å². The minimum atomic E-state index is -0.427. The number of nitrogens with one attached hydrogen (secondary N) is 1. The SMILES string of the molecule is COC(=O)c1c(C)[nH]c(C(=O)CN(C)Cc2ccc(Br)cc2)c1C. The molecule has 0 amide bonds. The van der Waals surface area contributed by atoms with Crippen molar-refractivity contribution < 1.29 is 14.3 Å². The summed E-state index contributed by atoms with van der Waals surface area (Å²) in [5.74, 6) is -0.478. The number of H-pyrrole nitrogens is 1. The molecule has 0 saturated carbocycles. The summed E-state index contributed by atoms with van der Waals surface area (Å²) in [6.07, 6.45) is 0. The van der Waals surface area contributed by atoms with Gasteiger partial charge in [-0.25, -0.2) is 4.79 Å². The van der Waals surface area contributed by atoms with Crippen molar-refractivity contribution in [1.82, 2.24) is 9.88 Å². The van der Waals surface area contributed by atoms with Gasteiger partial charge in [-0.05, 0) is 44.2 Å². The number of benzene rings is 1. The number of nitrogens with zero attached hydrogens (tertiary/aromatic N) is 1. The zero-order valence-corrected chi connectivity index (χ0v) is 15.9. The molecule has 0 aliphatic rings. The lowest BCUT2D eigenvalue weighted by Gasteiger charge is -2.15. The molecule has 24 heavy (non-hydrogen) atoms. The van der Waals surface area contributed by atoms with Crippen molar-refractivity contribution in [3.63, 3.8) is 0 Å². The van der Waals surface area contributed by atoms with E-state index in [9.17, 15) is 9.59 Å². The lowest BCUT2D eigenvalue weighted by atomic mass is 10.1. The molecule has 0 atom stereocenters. The molecule has 2 rings (SSSR count). The topological polar surface area (TPSA) is 62.4 Å². The molecule has 1 heterocycles. The lowest BCUT2D eigenvalue weighted by Crippen LogP contribution is -2.26. The Morgan fingerprint density at radius 1 is 1.21 bits per heavy atom. The molecule has 0 fully saturated rings. The molecule has 5 nitrogen and oxygen atoms in total. The first kappa shape index (κ1) is 18.4. The van der Waals surface area contributed by atoms with E-state index >= 15 is 0 Å². The number of Topliss-reactive ketones (excluding diaryl/α,β-unsaturated/α-hetero) is 1. The fourth-order valence-corrected chi connectivity index (χ4v) is 2.98. The highest BCUT2D eigenvalue weighted by Gasteiger charge is 2.22. The highest BCUT2D eigenvalue weighted by molar-refractivity contribution is 9.10.